The lowest BCUT2D eigenvalue weighted by atomic mass is 10.2. The minimum absolute atomic E-state index is 1.08. The Bertz CT molecular complexity index is 317. The standard InChI is InChI=1S/C12H18BrNS/c1-3-7-14-8-4-5-10(2)12-11(13)6-9-15-12/h5-6,9,14H,3-4,7-8H2,1-2H3. The molecule has 84 valence electrons. The van der Waals surface area contributed by atoms with Crippen LogP contribution in [0, 0.1) is 0 Å². The van der Waals surface area contributed by atoms with Gasteiger partial charge in [0.15, 0.2) is 0 Å². The second-order valence-electron chi connectivity index (χ2n) is 3.52. The molecule has 0 aliphatic carbocycles. The van der Waals surface area contributed by atoms with Crippen LogP contribution in [0.3, 0.4) is 0 Å². The van der Waals surface area contributed by atoms with E-state index in [0.717, 1.165) is 19.5 Å². The van der Waals surface area contributed by atoms with E-state index in [1.807, 2.05) is 0 Å². The van der Waals surface area contributed by atoms with Crippen molar-refractivity contribution in [1.82, 2.24) is 5.32 Å². The third-order valence-corrected chi connectivity index (χ3v) is 4.15. The Morgan fingerprint density at radius 2 is 2.33 bits per heavy atom. The summed E-state index contributed by atoms with van der Waals surface area (Å²) in [5, 5.41) is 5.51. The summed E-state index contributed by atoms with van der Waals surface area (Å²) >= 11 is 5.35. The van der Waals surface area contributed by atoms with Crippen LogP contribution in [-0.4, -0.2) is 13.1 Å². The van der Waals surface area contributed by atoms with Crippen LogP contribution in [0.4, 0.5) is 0 Å². The molecule has 0 saturated heterocycles. The van der Waals surface area contributed by atoms with Crippen molar-refractivity contribution in [2.24, 2.45) is 0 Å². The smallest absolute Gasteiger partial charge is 0.0438 e. The molecule has 1 aromatic heterocycles. The van der Waals surface area contributed by atoms with Crippen molar-refractivity contribution in [3.8, 4) is 0 Å². The van der Waals surface area contributed by atoms with Crippen LogP contribution in [-0.2, 0) is 0 Å². The van der Waals surface area contributed by atoms with Crippen LogP contribution in [0.15, 0.2) is 22.0 Å². The van der Waals surface area contributed by atoms with Crippen molar-refractivity contribution in [2.45, 2.75) is 26.7 Å². The van der Waals surface area contributed by atoms with Gasteiger partial charge in [-0.3, -0.25) is 0 Å². The second-order valence-corrected chi connectivity index (χ2v) is 5.29. The molecule has 1 aromatic rings. The van der Waals surface area contributed by atoms with Crippen molar-refractivity contribution in [2.75, 3.05) is 13.1 Å². The zero-order valence-electron chi connectivity index (χ0n) is 9.35. The van der Waals surface area contributed by atoms with Gasteiger partial charge >= 0.3 is 0 Å². The van der Waals surface area contributed by atoms with Gasteiger partial charge in [-0.15, -0.1) is 11.3 Å². The predicted molar refractivity (Wildman–Crippen MR) is 73.4 cm³/mol. The normalized spacial score (nSPS) is 12.1. The molecule has 0 bridgehead atoms. The summed E-state index contributed by atoms with van der Waals surface area (Å²) in [6.07, 6.45) is 4.62. The number of thiophene rings is 1. The summed E-state index contributed by atoms with van der Waals surface area (Å²) in [5.74, 6) is 0. The Morgan fingerprint density at radius 1 is 1.53 bits per heavy atom. The molecule has 0 amide bonds. The Morgan fingerprint density at radius 3 is 2.93 bits per heavy atom. The van der Waals surface area contributed by atoms with Crippen LogP contribution < -0.4 is 5.32 Å². The quantitative estimate of drug-likeness (QED) is 0.769. The maximum absolute atomic E-state index is 3.55. The zero-order chi connectivity index (χ0) is 11.1. The lowest BCUT2D eigenvalue weighted by Gasteiger charge is -2.01. The highest BCUT2D eigenvalue weighted by molar-refractivity contribution is 9.10. The number of nitrogens with one attached hydrogen (secondary N) is 1. The molecule has 1 rings (SSSR count). The minimum Gasteiger partial charge on any atom is -0.316 e. The topological polar surface area (TPSA) is 12.0 Å². The van der Waals surface area contributed by atoms with E-state index in [2.05, 4.69) is 52.6 Å². The van der Waals surface area contributed by atoms with Gasteiger partial charge in [0.1, 0.15) is 0 Å². The SMILES string of the molecule is CCCNCCC=C(C)c1sccc1Br. The van der Waals surface area contributed by atoms with Gasteiger partial charge in [0, 0.05) is 9.35 Å². The van der Waals surface area contributed by atoms with Gasteiger partial charge in [0.2, 0.25) is 0 Å². The summed E-state index contributed by atoms with van der Waals surface area (Å²) in [6, 6.07) is 2.10. The van der Waals surface area contributed by atoms with Gasteiger partial charge in [0.05, 0.1) is 0 Å². The number of rotatable bonds is 6. The Kier molecular flexibility index (Phi) is 6.22. The molecule has 0 aromatic carbocycles. The van der Waals surface area contributed by atoms with Crippen molar-refractivity contribution in [3.63, 3.8) is 0 Å². The van der Waals surface area contributed by atoms with Crippen molar-refractivity contribution < 1.29 is 0 Å². The van der Waals surface area contributed by atoms with Gasteiger partial charge < -0.3 is 5.32 Å². The first-order valence-electron chi connectivity index (χ1n) is 5.36. The zero-order valence-corrected chi connectivity index (χ0v) is 11.7. The summed E-state index contributed by atoms with van der Waals surface area (Å²) in [5.41, 5.74) is 1.37. The van der Waals surface area contributed by atoms with E-state index >= 15 is 0 Å². The van der Waals surface area contributed by atoms with Crippen molar-refractivity contribution in [3.05, 3.63) is 26.9 Å². The van der Waals surface area contributed by atoms with Gasteiger partial charge in [-0.25, -0.2) is 0 Å². The maximum Gasteiger partial charge on any atom is 0.0438 e. The van der Waals surface area contributed by atoms with Crippen LogP contribution in [0.2, 0.25) is 0 Å². The highest BCUT2D eigenvalue weighted by Crippen LogP contribution is 2.29. The molecular formula is C12H18BrNS. The van der Waals surface area contributed by atoms with Crippen LogP contribution in [0.25, 0.3) is 5.57 Å². The van der Waals surface area contributed by atoms with Gasteiger partial charge in [0.25, 0.3) is 0 Å². The predicted octanol–water partition coefficient (Wildman–Crippen LogP) is 4.30. The van der Waals surface area contributed by atoms with E-state index < -0.39 is 0 Å². The summed E-state index contributed by atoms with van der Waals surface area (Å²) in [7, 11) is 0. The summed E-state index contributed by atoms with van der Waals surface area (Å²) in [6.45, 7) is 6.57. The van der Waals surface area contributed by atoms with Gasteiger partial charge in [-0.05, 0) is 65.8 Å². The average Bonchev–Trinajstić information content (AvgIpc) is 2.64. The molecule has 1 heterocycles. The molecule has 3 heteroatoms. The lowest BCUT2D eigenvalue weighted by molar-refractivity contribution is 0.678. The number of halogens is 1. The molecule has 0 saturated carbocycles. The van der Waals surface area contributed by atoms with Crippen LogP contribution in [0.5, 0.6) is 0 Å². The number of hydrogen-bond acceptors (Lipinski definition) is 2. The summed E-state index contributed by atoms with van der Waals surface area (Å²) in [4.78, 5) is 1.35. The molecule has 0 aliphatic rings. The number of allylic oxidation sites excluding steroid dienone is 1. The van der Waals surface area contributed by atoms with Gasteiger partial charge in [-0.2, -0.15) is 0 Å². The third kappa shape index (κ3) is 4.49. The Hall–Kier alpha value is -0.120. The molecule has 1 nitrogen and oxygen atoms in total. The van der Waals surface area contributed by atoms with Crippen LogP contribution >= 0.6 is 27.3 Å². The Balaban J connectivity index is 2.37. The highest BCUT2D eigenvalue weighted by Gasteiger charge is 2.01. The second kappa shape index (κ2) is 7.20. The van der Waals surface area contributed by atoms with E-state index in [0.29, 0.717) is 0 Å². The molecule has 1 N–H and O–H groups in total. The first-order valence-corrected chi connectivity index (χ1v) is 7.03. The first-order chi connectivity index (χ1) is 7.25. The van der Waals surface area contributed by atoms with Crippen molar-refractivity contribution >= 4 is 32.8 Å². The number of hydrogen-bond donors (Lipinski definition) is 1. The van der Waals surface area contributed by atoms with Gasteiger partial charge in [-0.1, -0.05) is 13.0 Å². The van der Waals surface area contributed by atoms with E-state index in [-0.39, 0.29) is 0 Å². The highest BCUT2D eigenvalue weighted by atomic mass is 79.9. The molecule has 15 heavy (non-hydrogen) atoms. The molecule has 0 unspecified atom stereocenters. The Labute approximate surface area is 105 Å². The molecular weight excluding hydrogens is 270 g/mol. The first kappa shape index (κ1) is 12.9. The average molecular weight is 288 g/mol. The molecule has 0 fully saturated rings. The monoisotopic (exact) mass is 287 g/mol. The minimum atomic E-state index is 1.08. The van der Waals surface area contributed by atoms with E-state index in [1.54, 1.807) is 11.3 Å². The van der Waals surface area contributed by atoms with E-state index in [4.69, 9.17) is 0 Å². The molecule has 0 radical (unpaired) electrons. The molecule has 0 aliphatic heterocycles. The molecule has 0 atom stereocenters. The third-order valence-electron chi connectivity index (χ3n) is 2.17. The fourth-order valence-corrected chi connectivity index (χ4v) is 3.05. The maximum atomic E-state index is 3.55. The fraction of sp³-hybridized carbons (Fsp3) is 0.500. The van der Waals surface area contributed by atoms with Crippen LogP contribution in [0.1, 0.15) is 31.6 Å². The fourth-order valence-electron chi connectivity index (χ4n) is 1.36. The largest absolute Gasteiger partial charge is 0.316 e. The van der Waals surface area contributed by atoms with E-state index in [1.165, 1.54) is 21.3 Å². The molecule has 0 spiro atoms. The van der Waals surface area contributed by atoms with Crippen molar-refractivity contribution in [1.29, 1.82) is 0 Å². The summed E-state index contributed by atoms with van der Waals surface area (Å²) < 4.78 is 1.21. The van der Waals surface area contributed by atoms with E-state index in [9.17, 15) is 0 Å². The lowest BCUT2D eigenvalue weighted by Crippen LogP contribution is -2.15.